The van der Waals surface area contributed by atoms with Crippen molar-refractivity contribution in [3.05, 3.63) is 35.4 Å². The van der Waals surface area contributed by atoms with E-state index in [2.05, 4.69) is 42.7 Å². The summed E-state index contributed by atoms with van der Waals surface area (Å²) >= 11 is 0. The number of aryl methyl sites for hydroxylation is 1. The summed E-state index contributed by atoms with van der Waals surface area (Å²) in [5.74, 6) is 0.286. The number of hydrogen-bond donors (Lipinski definition) is 3. The molecule has 4 nitrogen and oxygen atoms in total. The zero-order chi connectivity index (χ0) is 15.0. The number of nitrogens with one attached hydrogen (secondary N) is 2. The van der Waals surface area contributed by atoms with E-state index in [1.165, 1.54) is 11.1 Å². The third-order valence-corrected chi connectivity index (χ3v) is 3.35. The minimum absolute atomic E-state index is 0.0800. The Morgan fingerprint density at radius 1 is 1.35 bits per heavy atom. The van der Waals surface area contributed by atoms with Crippen LogP contribution >= 0.6 is 0 Å². The predicted octanol–water partition coefficient (Wildman–Crippen LogP) is 2.56. The van der Waals surface area contributed by atoms with Gasteiger partial charge < -0.3 is 15.7 Å². The van der Waals surface area contributed by atoms with Crippen molar-refractivity contribution in [2.75, 3.05) is 13.2 Å². The van der Waals surface area contributed by atoms with E-state index in [-0.39, 0.29) is 24.6 Å². The topological polar surface area (TPSA) is 61.4 Å². The highest BCUT2D eigenvalue weighted by atomic mass is 16.3. The van der Waals surface area contributed by atoms with Gasteiger partial charge in [-0.25, -0.2) is 4.79 Å². The van der Waals surface area contributed by atoms with Crippen LogP contribution in [-0.4, -0.2) is 30.3 Å². The molecule has 0 aliphatic heterocycles. The van der Waals surface area contributed by atoms with Crippen molar-refractivity contribution in [2.24, 2.45) is 0 Å². The molecular formula is C16H26N2O2. The first-order valence-corrected chi connectivity index (χ1v) is 7.24. The van der Waals surface area contributed by atoms with E-state index < -0.39 is 0 Å². The molecule has 0 fully saturated rings. The number of carbonyl (C=O) groups excluding carboxylic acids is 1. The molecule has 0 aliphatic rings. The second-order valence-electron chi connectivity index (χ2n) is 5.44. The van der Waals surface area contributed by atoms with Gasteiger partial charge in [0, 0.05) is 19.2 Å². The van der Waals surface area contributed by atoms with Crippen molar-refractivity contribution >= 4 is 6.03 Å². The Hall–Kier alpha value is -1.55. The fraction of sp³-hybridized carbons (Fsp3) is 0.562. The lowest BCUT2D eigenvalue weighted by Crippen LogP contribution is -2.42. The zero-order valence-corrected chi connectivity index (χ0v) is 12.6. The van der Waals surface area contributed by atoms with Crippen LogP contribution in [0.4, 0.5) is 4.79 Å². The molecule has 2 atom stereocenters. The van der Waals surface area contributed by atoms with Gasteiger partial charge in [-0.05, 0) is 38.2 Å². The van der Waals surface area contributed by atoms with Gasteiger partial charge in [0.25, 0.3) is 0 Å². The maximum Gasteiger partial charge on any atom is 0.315 e. The van der Waals surface area contributed by atoms with Gasteiger partial charge >= 0.3 is 6.03 Å². The first kappa shape index (κ1) is 16.5. The number of rotatable bonds is 7. The molecule has 3 N–H and O–H groups in total. The van der Waals surface area contributed by atoms with Gasteiger partial charge in [-0.15, -0.1) is 0 Å². The molecule has 0 bridgehead atoms. The summed E-state index contributed by atoms with van der Waals surface area (Å²) in [5.41, 5.74) is 2.47. The van der Waals surface area contributed by atoms with Crippen LogP contribution in [0.1, 0.15) is 43.7 Å². The Bertz CT molecular complexity index is 421. The number of aliphatic hydroxyl groups excluding tert-OH is 1. The molecule has 1 aromatic carbocycles. The molecule has 1 aromatic rings. The molecule has 0 saturated carbocycles. The van der Waals surface area contributed by atoms with Crippen LogP contribution < -0.4 is 10.6 Å². The summed E-state index contributed by atoms with van der Waals surface area (Å²) < 4.78 is 0. The second kappa shape index (κ2) is 8.59. The molecule has 0 saturated heterocycles. The summed E-state index contributed by atoms with van der Waals surface area (Å²) in [7, 11) is 0. The summed E-state index contributed by atoms with van der Waals surface area (Å²) in [6, 6.07) is 8.28. The van der Waals surface area contributed by atoms with Gasteiger partial charge in [-0.1, -0.05) is 36.8 Å². The van der Waals surface area contributed by atoms with Gasteiger partial charge in [0.15, 0.2) is 0 Å². The van der Waals surface area contributed by atoms with E-state index in [0.29, 0.717) is 13.0 Å². The molecule has 0 spiro atoms. The minimum Gasteiger partial charge on any atom is -0.396 e. The van der Waals surface area contributed by atoms with Gasteiger partial charge in [0.2, 0.25) is 0 Å². The zero-order valence-electron chi connectivity index (χ0n) is 12.6. The van der Waals surface area contributed by atoms with Crippen molar-refractivity contribution in [3.8, 4) is 0 Å². The largest absolute Gasteiger partial charge is 0.396 e. The van der Waals surface area contributed by atoms with E-state index in [1.54, 1.807) is 0 Å². The molecule has 2 amide bonds. The summed E-state index contributed by atoms with van der Waals surface area (Å²) in [4.78, 5) is 11.7. The maximum atomic E-state index is 11.7. The quantitative estimate of drug-likeness (QED) is 0.718. The number of amides is 2. The Morgan fingerprint density at radius 3 is 2.75 bits per heavy atom. The van der Waals surface area contributed by atoms with Crippen LogP contribution in [0, 0.1) is 6.92 Å². The molecule has 112 valence electrons. The summed E-state index contributed by atoms with van der Waals surface area (Å²) in [6.45, 7) is 6.89. The Morgan fingerprint density at radius 2 is 2.10 bits per heavy atom. The van der Waals surface area contributed by atoms with E-state index >= 15 is 0 Å². The van der Waals surface area contributed by atoms with Gasteiger partial charge in [-0.2, -0.15) is 0 Å². The molecule has 0 heterocycles. The van der Waals surface area contributed by atoms with Crippen molar-refractivity contribution in [1.29, 1.82) is 0 Å². The van der Waals surface area contributed by atoms with Crippen LogP contribution in [0.5, 0.6) is 0 Å². The number of carbonyl (C=O) groups is 1. The van der Waals surface area contributed by atoms with Crippen LogP contribution in [-0.2, 0) is 0 Å². The highest BCUT2D eigenvalue weighted by molar-refractivity contribution is 5.74. The maximum absolute atomic E-state index is 11.7. The molecule has 4 heteroatoms. The normalized spacial score (nSPS) is 13.6. The van der Waals surface area contributed by atoms with Crippen LogP contribution in [0.15, 0.2) is 24.3 Å². The summed E-state index contributed by atoms with van der Waals surface area (Å²) in [5, 5.41) is 14.5. The molecule has 0 aromatic heterocycles. The third kappa shape index (κ3) is 6.06. The molecule has 0 aliphatic carbocycles. The van der Waals surface area contributed by atoms with Gasteiger partial charge in [-0.3, -0.25) is 0 Å². The lowest BCUT2D eigenvalue weighted by atomic mass is 9.99. The first-order chi connectivity index (χ1) is 9.52. The van der Waals surface area contributed by atoms with Crippen LogP contribution in [0.25, 0.3) is 0 Å². The highest BCUT2D eigenvalue weighted by Gasteiger charge is 2.09. The number of hydrogen-bond acceptors (Lipinski definition) is 2. The average molecular weight is 278 g/mol. The Kier molecular flexibility index (Phi) is 7.09. The van der Waals surface area contributed by atoms with Crippen LogP contribution in [0.3, 0.4) is 0 Å². The summed E-state index contributed by atoms with van der Waals surface area (Å²) in [6.07, 6.45) is 1.50. The molecule has 2 unspecified atom stereocenters. The smallest absolute Gasteiger partial charge is 0.315 e. The molecule has 0 radical (unpaired) electrons. The van der Waals surface area contributed by atoms with E-state index in [4.69, 9.17) is 5.11 Å². The number of urea groups is 1. The SMILES string of the molecule is Cc1cccc(C(C)CNC(=O)NC(C)CCCO)c1. The lowest BCUT2D eigenvalue weighted by Gasteiger charge is -2.17. The second-order valence-corrected chi connectivity index (χ2v) is 5.44. The average Bonchev–Trinajstić information content (AvgIpc) is 2.42. The van der Waals surface area contributed by atoms with E-state index in [1.807, 2.05) is 13.0 Å². The third-order valence-electron chi connectivity index (χ3n) is 3.35. The Labute approximate surface area is 121 Å². The lowest BCUT2D eigenvalue weighted by molar-refractivity contribution is 0.234. The van der Waals surface area contributed by atoms with Crippen molar-refractivity contribution < 1.29 is 9.90 Å². The highest BCUT2D eigenvalue weighted by Crippen LogP contribution is 2.15. The fourth-order valence-corrected chi connectivity index (χ4v) is 2.08. The molecular weight excluding hydrogens is 252 g/mol. The Balaban J connectivity index is 2.33. The monoisotopic (exact) mass is 278 g/mol. The van der Waals surface area contributed by atoms with Crippen molar-refractivity contribution in [3.63, 3.8) is 0 Å². The van der Waals surface area contributed by atoms with Gasteiger partial charge in [0.05, 0.1) is 0 Å². The molecule has 1 rings (SSSR count). The first-order valence-electron chi connectivity index (χ1n) is 7.24. The van der Waals surface area contributed by atoms with E-state index in [9.17, 15) is 4.79 Å². The van der Waals surface area contributed by atoms with Crippen molar-refractivity contribution in [1.82, 2.24) is 10.6 Å². The minimum atomic E-state index is -0.144. The van der Waals surface area contributed by atoms with E-state index in [0.717, 1.165) is 6.42 Å². The standard InChI is InChI=1S/C16H26N2O2/c1-12-6-4-8-15(10-12)13(2)11-17-16(20)18-14(3)7-5-9-19/h4,6,8,10,13-14,19H,5,7,9,11H2,1-3H3,(H2,17,18,20). The van der Waals surface area contributed by atoms with Crippen molar-refractivity contribution in [2.45, 2.75) is 45.6 Å². The van der Waals surface area contributed by atoms with Gasteiger partial charge in [0.1, 0.15) is 0 Å². The van der Waals surface area contributed by atoms with Crippen LogP contribution in [0.2, 0.25) is 0 Å². The number of benzene rings is 1. The fourth-order valence-electron chi connectivity index (χ4n) is 2.08. The molecule has 20 heavy (non-hydrogen) atoms. The predicted molar refractivity (Wildman–Crippen MR) is 81.9 cm³/mol. The number of aliphatic hydroxyl groups is 1.